The van der Waals surface area contributed by atoms with Crippen LogP contribution in [0.4, 0.5) is 0 Å². The molecular weight excluding hydrogens is 396 g/mol. The van der Waals surface area contributed by atoms with Gasteiger partial charge in [0.25, 0.3) is 0 Å². The number of rotatable bonds is 0. The summed E-state index contributed by atoms with van der Waals surface area (Å²) in [5.41, 5.74) is 0. The average molecular weight is 404 g/mol. The van der Waals surface area contributed by atoms with Gasteiger partial charge in [-0.05, 0) is 0 Å². The van der Waals surface area contributed by atoms with Crippen molar-refractivity contribution in [1.82, 2.24) is 0 Å². The quantitative estimate of drug-likeness (QED) is 0.296. The van der Waals surface area contributed by atoms with Crippen LogP contribution in [-0.4, -0.2) is 60.8 Å². The minimum Gasteiger partial charge on any atom is -1.00 e. The molecule has 0 aromatic carbocycles. The first-order chi connectivity index (χ1) is 5.46. The molecule has 0 aliphatic heterocycles. The maximum atomic E-state index is 5.88. The Labute approximate surface area is 153 Å². The maximum absolute atomic E-state index is 5.88. The van der Waals surface area contributed by atoms with Gasteiger partial charge in [0.2, 0.25) is 0 Å². The van der Waals surface area contributed by atoms with Gasteiger partial charge in [0, 0.05) is 0 Å². The van der Waals surface area contributed by atoms with Crippen LogP contribution in [0.25, 0.3) is 0 Å². The van der Waals surface area contributed by atoms with Crippen molar-refractivity contribution in [3.63, 3.8) is 0 Å². The molecule has 0 radical (unpaired) electrons. The molecule has 1 saturated carbocycles. The van der Waals surface area contributed by atoms with Crippen LogP contribution >= 0.6 is 69.6 Å². The maximum Gasteiger partial charge on any atom is 2.00 e. The Morgan fingerprint density at radius 2 is 0.500 bits per heavy atom. The van der Waals surface area contributed by atoms with Crippen LogP contribution in [0.2, 0.25) is 0 Å². The standard InChI is InChI=1S/C6H6Cl6.2ClH.Mg.H2O/c7-1-2(8)4(10)6(12)5(11)3(1)9;;;;/h1-6H;2*1H;;1H2/q;;;+2;/p-2/t1-,2-,3-,4+,5+,6+;;;;. The molecule has 10 heteroatoms. The smallest absolute Gasteiger partial charge is 1.00 e. The number of alkyl halides is 6. The second-order valence-electron chi connectivity index (χ2n) is 2.67. The molecular formula is C6H8Cl8MgO. The fourth-order valence-corrected chi connectivity index (χ4v) is 3.38. The van der Waals surface area contributed by atoms with Crippen molar-refractivity contribution < 1.29 is 30.3 Å². The molecule has 0 saturated heterocycles. The largest absolute Gasteiger partial charge is 2.00 e. The summed E-state index contributed by atoms with van der Waals surface area (Å²) in [5, 5.41) is -2.62. The van der Waals surface area contributed by atoms with Crippen LogP contribution in [0, 0.1) is 0 Å². The van der Waals surface area contributed by atoms with Gasteiger partial charge >= 0.3 is 23.1 Å². The van der Waals surface area contributed by atoms with E-state index in [-0.39, 0.29) is 53.3 Å². The molecule has 2 N–H and O–H groups in total. The van der Waals surface area contributed by atoms with Gasteiger partial charge in [-0.15, -0.1) is 69.6 Å². The zero-order valence-corrected chi connectivity index (χ0v) is 15.2. The number of hydrogen-bond donors (Lipinski definition) is 0. The van der Waals surface area contributed by atoms with Crippen molar-refractivity contribution in [2.24, 2.45) is 0 Å². The summed E-state index contributed by atoms with van der Waals surface area (Å²) < 4.78 is 0. The second kappa shape index (κ2) is 11.8. The van der Waals surface area contributed by atoms with Gasteiger partial charge in [0.15, 0.2) is 0 Å². The van der Waals surface area contributed by atoms with Crippen LogP contribution in [0.1, 0.15) is 0 Å². The van der Waals surface area contributed by atoms with Gasteiger partial charge in [-0.1, -0.05) is 0 Å². The van der Waals surface area contributed by atoms with E-state index in [1.165, 1.54) is 0 Å². The van der Waals surface area contributed by atoms with E-state index >= 15 is 0 Å². The molecule has 0 amide bonds. The average Bonchev–Trinajstić information content (AvgIpc) is 2.08. The molecule has 16 heavy (non-hydrogen) atoms. The summed E-state index contributed by atoms with van der Waals surface area (Å²) in [4.78, 5) is 0. The van der Waals surface area contributed by atoms with Crippen molar-refractivity contribution in [3.05, 3.63) is 0 Å². The minimum absolute atomic E-state index is 0. The SMILES string of the molecule is Cl[C@H]1[C@H](Cl)[C@@H](Cl)[C@@H](Cl)[C@H](Cl)[C@H]1Cl.O.[Cl-].[Cl-].[Mg+2]. The summed E-state index contributed by atoms with van der Waals surface area (Å²) in [6.07, 6.45) is 0. The Balaban J connectivity index is -0.000000180. The van der Waals surface area contributed by atoms with E-state index < -0.39 is 32.3 Å². The Morgan fingerprint density at radius 1 is 0.438 bits per heavy atom. The van der Waals surface area contributed by atoms with Crippen LogP contribution in [-0.2, 0) is 0 Å². The normalized spacial score (nSPS) is 41.6. The summed E-state index contributed by atoms with van der Waals surface area (Å²) in [7, 11) is 0. The predicted octanol–water partition coefficient (Wildman–Crippen LogP) is -3.55. The summed E-state index contributed by atoms with van der Waals surface area (Å²) in [6, 6.07) is 0. The molecule has 1 nitrogen and oxygen atoms in total. The molecule has 1 rings (SSSR count). The fraction of sp³-hybridized carbons (Fsp3) is 1.00. The van der Waals surface area contributed by atoms with E-state index in [1.807, 2.05) is 0 Å². The molecule has 0 aromatic rings. The van der Waals surface area contributed by atoms with Gasteiger partial charge in [-0.2, -0.15) is 0 Å². The third-order valence-corrected chi connectivity index (χ3v) is 5.86. The molecule has 0 spiro atoms. The van der Waals surface area contributed by atoms with E-state index in [9.17, 15) is 0 Å². The van der Waals surface area contributed by atoms with Crippen LogP contribution in [0.3, 0.4) is 0 Å². The summed E-state index contributed by atoms with van der Waals surface area (Å²) >= 11 is 35.3. The monoisotopic (exact) mass is 400 g/mol. The molecule has 0 heterocycles. The molecule has 0 aromatic heterocycles. The fourth-order valence-electron chi connectivity index (χ4n) is 1.05. The van der Waals surface area contributed by atoms with Gasteiger partial charge in [0.1, 0.15) is 0 Å². The zero-order chi connectivity index (χ0) is 9.46. The topological polar surface area (TPSA) is 31.5 Å². The van der Waals surface area contributed by atoms with E-state index in [4.69, 9.17) is 69.6 Å². The van der Waals surface area contributed by atoms with Gasteiger partial charge in [-0.25, -0.2) is 0 Å². The van der Waals surface area contributed by atoms with Crippen molar-refractivity contribution in [1.29, 1.82) is 0 Å². The predicted molar refractivity (Wildman–Crippen MR) is 67.2 cm³/mol. The van der Waals surface area contributed by atoms with Crippen molar-refractivity contribution >= 4 is 92.7 Å². The van der Waals surface area contributed by atoms with Crippen molar-refractivity contribution in [2.75, 3.05) is 0 Å². The molecule has 0 atom stereocenters. The van der Waals surface area contributed by atoms with E-state index in [2.05, 4.69) is 0 Å². The molecule has 1 aliphatic carbocycles. The van der Waals surface area contributed by atoms with Crippen molar-refractivity contribution in [3.8, 4) is 0 Å². The Bertz CT molecular complexity index is 116. The zero-order valence-electron chi connectivity index (χ0n) is 7.69. The molecule has 0 bridgehead atoms. The van der Waals surface area contributed by atoms with E-state index in [1.54, 1.807) is 0 Å². The molecule has 96 valence electrons. The van der Waals surface area contributed by atoms with Gasteiger partial charge in [-0.3, -0.25) is 0 Å². The first-order valence-electron chi connectivity index (χ1n) is 3.31. The van der Waals surface area contributed by atoms with Crippen LogP contribution < -0.4 is 24.8 Å². The Kier molecular flexibility index (Phi) is 20.3. The second-order valence-corrected chi connectivity index (χ2v) is 5.69. The van der Waals surface area contributed by atoms with E-state index in [0.29, 0.717) is 0 Å². The van der Waals surface area contributed by atoms with Crippen molar-refractivity contribution in [2.45, 2.75) is 32.3 Å². The minimum atomic E-state index is -0.437. The molecule has 1 fully saturated rings. The van der Waals surface area contributed by atoms with Gasteiger partial charge < -0.3 is 30.3 Å². The number of halogens is 8. The Hall–Kier alpha value is 3.05. The summed E-state index contributed by atoms with van der Waals surface area (Å²) in [5.74, 6) is 0. The summed E-state index contributed by atoms with van der Waals surface area (Å²) in [6.45, 7) is 0. The van der Waals surface area contributed by atoms with E-state index in [0.717, 1.165) is 0 Å². The van der Waals surface area contributed by atoms with Crippen LogP contribution in [0.15, 0.2) is 0 Å². The molecule has 0 unspecified atom stereocenters. The first-order valence-corrected chi connectivity index (χ1v) is 5.93. The number of hydrogen-bond acceptors (Lipinski definition) is 0. The third-order valence-electron chi connectivity index (χ3n) is 1.83. The van der Waals surface area contributed by atoms with Gasteiger partial charge in [0.05, 0.1) is 32.3 Å². The van der Waals surface area contributed by atoms with Crippen LogP contribution in [0.5, 0.6) is 0 Å². The third kappa shape index (κ3) is 6.00. The Morgan fingerprint density at radius 3 is 0.562 bits per heavy atom. The first kappa shape index (κ1) is 27.4. The molecule has 1 aliphatic rings.